The molecule has 0 aliphatic carbocycles. The summed E-state index contributed by atoms with van der Waals surface area (Å²) in [5.41, 5.74) is 6.79. The van der Waals surface area contributed by atoms with E-state index < -0.39 is 0 Å². The quantitative estimate of drug-likeness (QED) is 0.431. The number of aromatic nitrogens is 2. The number of nitrogens with zero attached hydrogens (tertiary/aromatic N) is 2. The Morgan fingerprint density at radius 3 is 2.41 bits per heavy atom. The van der Waals surface area contributed by atoms with Gasteiger partial charge in [0.2, 0.25) is 0 Å². The average molecular weight is 377 g/mol. The first-order valence-corrected chi connectivity index (χ1v) is 9.37. The minimum absolute atomic E-state index is 0.491. The molecule has 0 N–H and O–H groups in total. The Morgan fingerprint density at radius 2 is 1.67 bits per heavy atom. The van der Waals surface area contributed by atoms with Crippen molar-refractivity contribution >= 4 is 22.6 Å². The fraction of sp³-hybridized carbons (Fsp3) is 0.174. The van der Waals surface area contributed by atoms with Crippen molar-refractivity contribution in [3.05, 3.63) is 94.3 Å². The second-order valence-electron chi connectivity index (χ2n) is 6.70. The van der Waals surface area contributed by atoms with Crippen molar-refractivity contribution in [3.63, 3.8) is 0 Å². The van der Waals surface area contributed by atoms with Crippen LogP contribution in [-0.4, -0.2) is 9.55 Å². The highest BCUT2D eigenvalue weighted by molar-refractivity contribution is 6.30. The molecule has 2 aromatic carbocycles. The fourth-order valence-corrected chi connectivity index (χ4v) is 3.46. The summed E-state index contributed by atoms with van der Waals surface area (Å²) in [5, 5.41) is 0.730. The maximum atomic E-state index is 6.19. The van der Waals surface area contributed by atoms with Gasteiger partial charge in [-0.2, -0.15) is 0 Å². The number of hydrogen-bond donors (Lipinski definition) is 0. The highest BCUT2D eigenvalue weighted by atomic mass is 35.5. The molecule has 3 nitrogen and oxygen atoms in total. The molecule has 2 heterocycles. The van der Waals surface area contributed by atoms with Crippen molar-refractivity contribution in [2.24, 2.45) is 0 Å². The molecule has 0 atom stereocenters. The number of benzene rings is 2. The number of halogens is 1. The lowest BCUT2D eigenvalue weighted by Gasteiger charge is -2.13. The van der Waals surface area contributed by atoms with Crippen molar-refractivity contribution in [1.82, 2.24) is 9.55 Å². The summed E-state index contributed by atoms with van der Waals surface area (Å²) in [5.74, 6) is 0.849. The van der Waals surface area contributed by atoms with E-state index in [0.29, 0.717) is 6.61 Å². The lowest BCUT2D eigenvalue weighted by Crippen LogP contribution is -2.04. The van der Waals surface area contributed by atoms with Gasteiger partial charge in [-0.3, -0.25) is 4.98 Å². The predicted molar refractivity (Wildman–Crippen MR) is 111 cm³/mol. The van der Waals surface area contributed by atoms with Crippen LogP contribution in [0.4, 0.5) is 0 Å². The van der Waals surface area contributed by atoms with E-state index in [-0.39, 0.29) is 0 Å². The first-order valence-electron chi connectivity index (χ1n) is 8.99. The van der Waals surface area contributed by atoms with Crippen molar-refractivity contribution in [2.45, 2.75) is 27.0 Å². The standard InChI is InChI=1S/C23H21ClN2O/c1-16-17(2)26(14-18-6-4-3-5-7-18)23-21(12-13-25-22(16)23)27-15-19-8-10-20(24)11-9-19/h3-13H,14-15H2,1-2H3. The largest absolute Gasteiger partial charge is 0.487 e. The smallest absolute Gasteiger partial charge is 0.147 e. The van der Waals surface area contributed by atoms with Crippen molar-refractivity contribution in [1.29, 1.82) is 0 Å². The SMILES string of the molecule is Cc1c(C)n(Cc2ccccc2)c2c(OCc3ccc(Cl)cc3)ccnc12. The topological polar surface area (TPSA) is 27.1 Å². The van der Waals surface area contributed by atoms with E-state index >= 15 is 0 Å². The minimum atomic E-state index is 0.491. The summed E-state index contributed by atoms with van der Waals surface area (Å²) in [6, 6.07) is 20.1. The summed E-state index contributed by atoms with van der Waals surface area (Å²) >= 11 is 5.97. The van der Waals surface area contributed by atoms with Crippen LogP contribution in [0.15, 0.2) is 66.9 Å². The van der Waals surface area contributed by atoms with Gasteiger partial charge in [-0.1, -0.05) is 54.1 Å². The number of ether oxygens (including phenoxy) is 1. The first-order chi connectivity index (χ1) is 13.1. The van der Waals surface area contributed by atoms with Crippen LogP contribution < -0.4 is 4.74 Å². The van der Waals surface area contributed by atoms with Crippen LogP contribution in [-0.2, 0) is 13.2 Å². The highest BCUT2D eigenvalue weighted by Crippen LogP contribution is 2.32. The summed E-state index contributed by atoms with van der Waals surface area (Å²) in [6.45, 7) is 5.54. The molecule has 0 aliphatic heterocycles. The molecule has 4 heteroatoms. The Kier molecular flexibility index (Phi) is 4.87. The molecule has 0 saturated carbocycles. The zero-order chi connectivity index (χ0) is 18.8. The lowest BCUT2D eigenvalue weighted by molar-refractivity contribution is 0.308. The summed E-state index contributed by atoms with van der Waals surface area (Å²) in [6.07, 6.45) is 1.82. The van der Waals surface area contributed by atoms with Crippen molar-refractivity contribution in [3.8, 4) is 5.75 Å². The average Bonchev–Trinajstić information content (AvgIpc) is 2.94. The van der Waals surface area contributed by atoms with E-state index in [1.54, 1.807) is 0 Å². The first kappa shape index (κ1) is 17.6. The molecule has 0 spiro atoms. The Balaban J connectivity index is 1.72. The lowest BCUT2D eigenvalue weighted by atomic mass is 10.2. The van der Waals surface area contributed by atoms with Crippen LogP contribution in [0, 0.1) is 13.8 Å². The van der Waals surface area contributed by atoms with Crippen LogP contribution in [0.2, 0.25) is 5.02 Å². The predicted octanol–water partition coefficient (Wildman–Crippen LogP) is 5.93. The normalized spacial score (nSPS) is 11.1. The molecular weight excluding hydrogens is 356 g/mol. The third kappa shape index (κ3) is 3.56. The van der Waals surface area contributed by atoms with Gasteiger partial charge in [0.1, 0.15) is 17.9 Å². The second kappa shape index (κ2) is 7.45. The number of fused-ring (bicyclic) bond motifs is 1. The molecule has 4 rings (SSSR count). The second-order valence-corrected chi connectivity index (χ2v) is 7.14. The summed E-state index contributed by atoms with van der Waals surface area (Å²) in [4.78, 5) is 4.61. The Morgan fingerprint density at radius 1 is 0.926 bits per heavy atom. The monoisotopic (exact) mass is 376 g/mol. The van der Waals surface area contributed by atoms with E-state index in [0.717, 1.165) is 33.9 Å². The molecule has 0 fully saturated rings. The Hall–Kier alpha value is -2.78. The van der Waals surface area contributed by atoms with Crippen LogP contribution in [0.5, 0.6) is 5.75 Å². The molecule has 136 valence electrons. The number of aryl methyl sites for hydroxylation is 1. The van der Waals surface area contributed by atoms with Crippen LogP contribution in [0.3, 0.4) is 0 Å². The van der Waals surface area contributed by atoms with E-state index in [1.807, 2.05) is 42.6 Å². The van der Waals surface area contributed by atoms with Crippen LogP contribution >= 0.6 is 11.6 Å². The maximum Gasteiger partial charge on any atom is 0.147 e. The van der Waals surface area contributed by atoms with Gasteiger partial charge >= 0.3 is 0 Å². The van der Waals surface area contributed by atoms with Crippen LogP contribution in [0.25, 0.3) is 11.0 Å². The molecule has 27 heavy (non-hydrogen) atoms. The Labute approximate surface area is 164 Å². The van der Waals surface area contributed by atoms with Gasteiger partial charge in [0.25, 0.3) is 0 Å². The molecule has 4 aromatic rings. The third-order valence-electron chi connectivity index (χ3n) is 4.95. The molecule has 0 bridgehead atoms. The number of hydrogen-bond acceptors (Lipinski definition) is 2. The molecule has 0 aliphatic rings. The van der Waals surface area contributed by atoms with E-state index in [9.17, 15) is 0 Å². The van der Waals surface area contributed by atoms with Crippen LogP contribution in [0.1, 0.15) is 22.4 Å². The van der Waals surface area contributed by atoms with Gasteiger partial charge in [-0.25, -0.2) is 0 Å². The van der Waals surface area contributed by atoms with E-state index in [2.05, 4.69) is 47.7 Å². The molecule has 0 saturated heterocycles. The van der Waals surface area contributed by atoms with Gasteiger partial charge < -0.3 is 9.30 Å². The van der Waals surface area contributed by atoms with Gasteiger partial charge in [0, 0.05) is 29.5 Å². The maximum absolute atomic E-state index is 6.19. The van der Waals surface area contributed by atoms with Gasteiger partial charge in [0.15, 0.2) is 0 Å². The van der Waals surface area contributed by atoms with E-state index in [4.69, 9.17) is 16.3 Å². The number of pyridine rings is 1. The van der Waals surface area contributed by atoms with Gasteiger partial charge in [-0.05, 0) is 42.7 Å². The van der Waals surface area contributed by atoms with E-state index in [1.165, 1.54) is 16.8 Å². The highest BCUT2D eigenvalue weighted by Gasteiger charge is 2.16. The summed E-state index contributed by atoms with van der Waals surface area (Å²) < 4.78 is 8.48. The molecular formula is C23H21ClN2O. The van der Waals surface area contributed by atoms with Crippen molar-refractivity contribution in [2.75, 3.05) is 0 Å². The van der Waals surface area contributed by atoms with Gasteiger partial charge in [-0.15, -0.1) is 0 Å². The number of rotatable bonds is 5. The molecule has 2 aromatic heterocycles. The zero-order valence-corrected chi connectivity index (χ0v) is 16.2. The molecule has 0 amide bonds. The molecule has 0 unspecified atom stereocenters. The minimum Gasteiger partial charge on any atom is -0.487 e. The Bertz CT molecular complexity index is 1070. The zero-order valence-electron chi connectivity index (χ0n) is 15.4. The van der Waals surface area contributed by atoms with Crippen molar-refractivity contribution < 1.29 is 4.74 Å². The molecule has 0 radical (unpaired) electrons. The summed E-state index contributed by atoms with van der Waals surface area (Å²) in [7, 11) is 0. The fourth-order valence-electron chi connectivity index (χ4n) is 3.33. The van der Waals surface area contributed by atoms with Gasteiger partial charge in [0.05, 0.1) is 5.52 Å². The third-order valence-corrected chi connectivity index (χ3v) is 5.20.